The van der Waals surface area contributed by atoms with Gasteiger partial charge in [0.25, 0.3) is 0 Å². The van der Waals surface area contributed by atoms with Crippen LogP contribution in [0.1, 0.15) is 24.3 Å². The van der Waals surface area contributed by atoms with Crippen LogP contribution >= 0.6 is 15.9 Å². The van der Waals surface area contributed by atoms with Crippen LogP contribution in [-0.2, 0) is 9.59 Å². The zero-order chi connectivity index (χ0) is 12.4. The van der Waals surface area contributed by atoms with Gasteiger partial charge in [0, 0.05) is 17.3 Å². The van der Waals surface area contributed by atoms with Crippen molar-refractivity contribution in [3.05, 3.63) is 46.1 Å². The summed E-state index contributed by atoms with van der Waals surface area (Å²) in [4.78, 5) is 23.3. The predicted molar refractivity (Wildman–Crippen MR) is 66.8 cm³/mol. The molecule has 3 nitrogen and oxygen atoms in total. The van der Waals surface area contributed by atoms with Crippen LogP contribution in [0.4, 0.5) is 0 Å². The highest BCUT2D eigenvalue weighted by molar-refractivity contribution is 9.10. The molecule has 0 bridgehead atoms. The fourth-order valence-electron chi connectivity index (χ4n) is 2.01. The van der Waals surface area contributed by atoms with Crippen molar-refractivity contribution >= 4 is 27.5 Å². The minimum Gasteiger partial charge on any atom is -0.515 e. The van der Waals surface area contributed by atoms with Gasteiger partial charge in [0.15, 0.2) is 11.6 Å². The highest BCUT2D eigenvalue weighted by Gasteiger charge is 2.31. The summed E-state index contributed by atoms with van der Waals surface area (Å²) in [6.07, 6.45) is 1.18. The maximum atomic E-state index is 11.6. The lowest BCUT2D eigenvalue weighted by atomic mass is 9.80. The molecular formula is C13H11BrO3. The van der Waals surface area contributed by atoms with Crippen molar-refractivity contribution in [1.82, 2.24) is 0 Å². The third-order valence-corrected chi connectivity index (χ3v) is 3.46. The predicted octanol–water partition coefficient (Wildman–Crippen LogP) is 2.91. The number of hydrogen-bond acceptors (Lipinski definition) is 3. The molecule has 2 rings (SSSR count). The molecule has 0 unspecified atom stereocenters. The van der Waals surface area contributed by atoms with Crippen LogP contribution in [0, 0.1) is 0 Å². The van der Waals surface area contributed by atoms with E-state index in [9.17, 15) is 9.59 Å². The molecule has 0 aromatic heterocycles. The van der Waals surface area contributed by atoms with Crippen LogP contribution in [0.3, 0.4) is 0 Å². The van der Waals surface area contributed by atoms with E-state index in [0.29, 0.717) is 6.26 Å². The number of benzene rings is 1. The Kier molecular flexibility index (Phi) is 3.43. The van der Waals surface area contributed by atoms with E-state index in [0.717, 1.165) is 10.0 Å². The van der Waals surface area contributed by atoms with Gasteiger partial charge < -0.3 is 5.11 Å². The van der Waals surface area contributed by atoms with E-state index < -0.39 is 0 Å². The number of allylic oxidation sites excluding steroid dienone is 1. The zero-order valence-corrected chi connectivity index (χ0v) is 10.6. The smallest absolute Gasteiger partial charge is 0.170 e. The Morgan fingerprint density at radius 2 is 1.65 bits per heavy atom. The van der Waals surface area contributed by atoms with Crippen LogP contribution in [0.2, 0.25) is 0 Å². The summed E-state index contributed by atoms with van der Waals surface area (Å²) >= 11 is 3.34. The molecule has 1 aromatic rings. The maximum absolute atomic E-state index is 11.6. The van der Waals surface area contributed by atoms with Gasteiger partial charge in [-0.05, 0) is 23.6 Å². The van der Waals surface area contributed by atoms with E-state index in [4.69, 9.17) is 5.11 Å². The molecule has 1 fully saturated rings. The molecule has 17 heavy (non-hydrogen) atoms. The molecule has 0 atom stereocenters. The van der Waals surface area contributed by atoms with Crippen molar-refractivity contribution in [3.8, 4) is 0 Å². The number of carbonyl (C=O) groups excluding carboxylic acids is 2. The van der Waals surface area contributed by atoms with Crippen molar-refractivity contribution in [3.63, 3.8) is 0 Å². The third-order valence-electron chi connectivity index (χ3n) is 2.93. The Balaban J connectivity index is 2.23. The largest absolute Gasteiger partial charge is 0.515 e. The normalized spacial score (nSPS) is 20.5. The van der Waals surface area contributed by atoms with Crippen molar-refractivity contribution < 1.29 is 14.7 Å². The summed E-state index contributed by atoms with van der Waals surface area (Å²) in [5.74, 6) is -0.639. The summed E-state index contributed by atoms with van der Waals surface area (Å²) in [5.41, 5.74) is 0.908. The second-order valence-corrected chi connectivity index (χ2v) is 4.96. The van der Waals surface area contributed by atoms with E-state index in [1.54, 1.807) is 0 Å². The highest BCUT2D eigenvalue weighted by Crippen LogP contribution is 2.31. The number of rotatable bonds is 1. The SMILES string of the molecule is O=C1CC(c2ccc(Br)cc2)CC(=O)C1=CO. The van der Waals surface area contributed by atoms with Crippen LogP contribution in [0.25, 0.3) is 0 Å². The number of hydrogen-bond donors (Lipinski definition) is 1. The second-order valence-electron chi connectivity index (χ2n) is 4.05. The molecule has 0 amide bonds. The standard InChI is InChI=1S/C13H11BrO3/c14-10-3-1-8(2-4-10)9-5-12(16)11(7-15)13(17)6-9/h1-4,7,9,15H,5-6H2. The number of aliphatic hydroxyl groups is 1. The molecule has 88 valence electrons. The van der Waals surface area contributed by atoms with Gasteiger partial charge in [-0.15, -0.1) is 0 Å². The summed E-state index contributed by atoms with van der Waals surface area (Å²) in [6, 6.07) is 7.59. The van der Waals surface area contributed by atoms with Gasteiger partial charge in [-0.1, -0.05) is 28.1 Å². The molecule has 0 saturated heterocycles. The van der Waals surface area contributed by atoms with Crippen LogP contribution in [-0.4, -0.2) is 16.7 Å². The Morgan fingerprint density at radius 1 is 1.12 bits per heavy atom. The number of Topliss-reactive ketones (excluding diaryl/α,β-unsaturated/α-hetero) is 2. The Bertz CT molecular complexity index is 468. The minimum atomic E-state index is -0.281. The van der Waals surface area contributed by atoms with Gasteiger partial charge in [-0.25, -0.2) is 0 Å². The summed E-state index contributed by atoms with van der Waals surface area (Å²) in [7, 11) is 0. The molecule has 1 aromatic carbocycles. The van der Waals surface area contributed by atoms with Gasteiger partial charge in [0.05, 0.1) is 11.8 Å². The average molecular weight is 295 g/mol. The molecule has 0 heterocycles. The molecule has 1 saturated carbocycles. The summed E-state index contributed by atoms with van der Waals surface area (Å²) in [6.45, 7) is 0. The molecule has 1 aliphatic rings. The van der Waals surface area contributed by atoms with E-state index in [-0.39, 0.29) is 35.9 Å². The van der Waals surface area contributed by atoms with Crippen molar-refractivity contribution in [1.29, 1.82) is 0 Å². The Labute approximate surface area is 107 Å². The summed E-state index contributed by atoms with van der Waals surface area (Å²) in [5, 5.41) is 8.82. The lowest BCUT2D eigenvalue weighted by molar-refractivity contribution is -0.124. The van der Waals surface area contributed by atoms with E-state index in [2.05, 4.69) is 15.9 Å². The lowest BCUT2D eigenvalue weighted by Gasteiger charge is -2.21. The van der Waals surface area contributed by atoms with Gasteiger partial charge in [-0.2, -0.15) is 0 Å². The fraction of sp³-hybridized carbons (Fsp3) is 0.231. The van der Waals surface area contributed by atoms with Crippen molar-refractivity contribution in [2.24, 2.45) is 0 Å². The third kappa shape index (κ3) is 2.47. The quantitative estimate of drug-likeness (QED) is 0.492. The van der Waals surface area contributed by atoms with Gasteiger partial charge in [0.2, 0.25) is 0 Å². The second kappa shape index (κ2) is 4.84. The maximum Gasteiger partial charge on any atom is 0.170 e. The number of carbonyl (C=O) groups is 2. The fourth-order valence-corrected chi connectivity index (χ4v) is 2.27. The monoisotopic (exact) mass is 294 g/mol. The molecule has 0 spiro atoms. The number of aliphatic hydroxyl groups excluding tert-OH is 1. The van der Waals surface area contributed by atoms with Gasteiger partial charge >= 0.3 is 0 Å². The van der Waals surface area contributed by atoms with Crippen LogP contribution in [0.15, 0.2) is 40.6 Å². The zero-order valence-electron chi connectivity index (χ0n) is 9.02. The van der Waals surface area contributed by atoms with Crippen LogP contribution < -0.4 is 0 Å². The molecule has 1 aliphatic carbocycles. The first-order chi connectivity index (χ1) is 8.11. The molecular weight excluding hydrogens is 284 g/mol. The first-order valence-corrected chi connectivity index (χ1v) is 6.07. The first-order valence-electron chi connectivity index (χ1n) is 5.28. The first kappa shape index (κ1) is 12.0. The Morgan fingerprint density at radius 3 is 2.12 bits per heavy atom. The van der Waals surface area contributed by atoms with Crippen molar-refractivity contribution in [2.75, 3.05) is 0 Å². The molecule has 0 aliphatic heterocycles. The van der Waals surface area contributed by atoms with Gasteiger partial charge in [-0.3, -0.25) is 9.59 Å². The van der Waals surface area contributed by atoms with E-state index in [1.165, 1.54) is 0 Å². The van der Waals surface area contributed by atoms with Crippen LogP contribution in [0.5, 0.6) is 0 Å². The highest BCUT2D eigenvalue weighted by atomic mass is 79.9. The summed E-state index contributed by atoms with van der Waals surface area (Å²) < 4.78 is 0.964. The lowest BCUT2D eigenvalue weighted by Crippen LogP contribution is -2.24. The molecule has 0 radical (unpaired) electrons. The molecule has 4 heteroatoms. The minimum absolute atomic E-state index is 0.0710. The van der Waals surface area contributed by atoms with E-state index in [1.807, 2.05) is 24.3 Å². The van der Waals surface area contributed by atoms with Crippen molar-refractivity contribution in [2.45, 2.75) is 18.8 Å². The average Bonchev–Trinajstić information content (AvgIpc) is 2.29. The number of halogens is 1. The van der Waals surface area contributed by atoms with Gasteiger partial charge in [0.1, 0.15) is 0 Å². The number of ketones is 2. The molecule has 1 N–H and O–H groups in total. The Hall–Kier alpha value is -1.42. The topological polar surface area (TPSA) is 54.4 Å². The van der Waals surface area contributed by atoms with E-state index >= 15 is 0 Å².